The average molecular weight is 314 g/mol. The Labute approximate surface area is 128 Å². The van der Waals surface area contributed by atoms with Gasteiger partial charge < -0.3 is 15.2 Å². The lowest BCUT2D eigenvalue weighted by molar-refractivity contribution is -0.147. The van der Waals surface area contributed by atoms with Gasteiger partial charge in [-0.15, -0.1) is 11.3 Å². The Morgan fingerprint density at radius 3 is 2.57 bits per heavy atom. The lowest BCUT2D eigenvalue weighted by Crippen LogP contribution is -2.35. The normalized spacial score (nSPS) is 14.0. The van der Waals surface area contributed by atoms with Crippen LogP contribution in [0.4, 0.5) is 0 Å². The fourth-order valence-corrected chi connectivity index (χ4v) is 2.85. The van der Waals surface area contributed by atoms with E-state index in [1.807, 2.05) is 6.92 Å². The molecule has 0 aliphatic carbocycles. The lowest BCUT2D eigenvalue weighted by atomic mass is 9.98. The number of hydrogen-bond acceptors (Lipinski definition) is 6. The van der Waals surface area contributed by atoms with Crippen LogP contribution in [0.15, 0.2) is 5.38 Å². The molecular formula is C14H22N2O4S. The van der Waals surface area contributed by atoms with Crippen LogP contribution in [-0.2, 0) is 9.53 Å². The number of nitrogens with zero attached hydrogens (tertiary/aromatic N) is 1. The minimum absolute atomic E-state index is 0.0169. The molecule has 0 bridgehead atoms. The molecule has 1 heterocycles. The van der Waals surface area contributed by atoms with Gasteiger partial charge in [-0.05, 0) is 12.5 Å². The Balaban J connectivity index is 2.92. The Bertz CT molecular complexity index is 487. The predicted octanol–water partition coefficient (Wildman–Crippen LogP) is 2.47. The quantitative estimate of drug-likeness (QED) is 0.717. The SMILES string of the molecule is CCNC(CC(OC(C)=O)c1nc(C(=O)O)cs1)C(C)C. The van der Waals surface area contributed by atoms with Crippen LogP contribution in [0, 0.1) is 5.92 Å². The Morgan fingerprint density at radius 2 is 2.14 bits per heavy atom. The fourth-order valence-electron chi connectivity index (χ4n) is 2.02. The van der Waals surface area contributed by atoms with E-state index in [0.29, 0.717) is 17.3 Å². The van der Waals surface area contributed by atoms with Crippen molar-refractivity contribution in [1.82, 2.24) is 10.3 Å². The largest absolute Gasteiger partial charge is 0.476 e. The van der Waals surface area contributed by atoms with E-state index in [0.717, 1.165) is 6.54 Å². The number of hydrogen-bond donors (Lipinski definition) is 2. The number of ether oxygens (including phenoxy) is 1. The zero-order valence-electron chi connectivity index (χ0n) is 12.8. The second-order valence-electron chi connectivity index (χ2n) is 5.12. The smallest absolute Gasteiger partial charge is 0.355 e. The maximum atomic E-state index is 11.3. The van der Waals surface area contributed by atoms with Crippen LogP contribution in [0.1, 0.15) is 55.7 Å². The van der Waals surface area contributed by atoms with Crippen LogP contribution in [0.5, 0.6) is 0 Å². The number of nitrogens with one attached hydrogen (secondary N) is 1. The van der Waals surface area contributed by atoms with Gasteiger partial charge in [0.25, 0.3) is 0 Å². The highest BCUT2D eigenvalue weighted by Gasteiger charge is 2.25. The second-order valence-corrected chi connectivity index (χ2v) is 6.01. The molecule has 0 aliphatic heterocycles. The molecule has 0 amide bonds. The predicted molar refractivity (Wildman–Crippen MR) is 80.5 cm³/mol. The number of aromatic carboxylic acids is 1. The van der Waals surface area contributed by atoms with Gasteiger partial charge in [0.15, 0.2) is 11.8 Å². The van der Waals surface area contributed by atoms with Gasteiger partial charge in [-0.2, -0.15) is 0 Å². The molecular weight excluding hydrogens is 292 g/mol. The summed E-state index contributed by atoms with van der Waals surface area (Å²) in [6.07, 6.45) is 0.0459. The summed E-state index contributed by atoms with van der Waals surface area (Å²) < 4.78 is 5.33. The molecule has 0 aliphatic rings. The standard InChI is InChI=1S/C14H22N2O4S/c1-5-15-10(8(2)3)6-12(20-9(4)17)13-16-11(7-21-13)14(18)19/h7-8,10,12,15H,5-6H2,1-4H3,(H,18,19). The Kier molecular flexibility index (Phi) is 6.77. The molecule has 0 saturated heterocycles. The molecule has 21 heavy (non-hydrogen) atoms. The molecule has 1 aromatic rings. The zero-order chi connectivity index (χ0) is 16.0. The van der Waals surface area contributed by atoms with Gasteiger partial charge in [-0.25, -0.2) is 9.78 Å². The number of aromatic nitrogens is 1. The molecule has 0 aromatic carbocycles. The van der Waals surface area contributed by atoms with Gasteiger partial charge in [-0.3, -0.25) is 4.79 Å². The fraction of sp³-hybridized carbons (Fsp3) is 0.643. The summed E-state index contributed by atoms with van der Waals surface area (Å²) in [7, 11) is 0. The number of carboxylic acid groups (broad SMARTS) is 1. The van der Waals surface area contributed by atoms with Gasteiger partial charge in [0.1, 0.15) is 5.01 Å². The van der Waals surface area contributed by atoms with E-state index in [1.165, 1.54) is 23.6 Å². The molecule has 6 nitrogen and oxygen atoms in total. The molecule has 0 saturated carbocycles. The van der Waals surface area contributed by atoms with E-state index in [4.69, 9.17) is 9.84 Å². The molecule has 7 heteroatoms. The number of esters is 1. The third-order valence-electron chi connectivity index (χ3n) is 3.06. The van der Waals surface area contributed by atoms with E-state index >= 15 is 0 Å². The van der Waals surface area contributed by atoms with Crippen LogP contribution in [0.25, 0.3) is 0 Å². The van der Waals surface area contributed by atoms with E-state index < -0.39 is 18.0 Å². The highest BCUT2D eigenvalue weighted by molar-refractivity contribution is 7.09. The average Bonchev–Trinajstić information content (AvgIpc) is 2.86. The molecule has 2 N–H and O–H groups in total. The minimum atomic E-state index is -1.08. The maximum absolute atomic E-state index is 11.3. The zero-order valence-corrected chi connectivity index (χ0v) is 13.6. The van der Waals surface area contributed by atoms with E-state index in [2.05, 4.69) is 24.1 Å². The number of thiazole rings is 1. The third-order valence-corrected chi connectivity index (χ3v) is 4.00. The molecule has 118 valence electrons. The van der Waals surface area contributed by atoms with Crippen LogP contribution >= 0.6 is 11.3 Å². The molecule has 1 rings (SSSR count). The van der Waals surface area contributed by atoms with Crippen LogP contribution in [-0.4, -0.2) is 34.6 Å². The van der Waals surface area contributed by atoms with Crippen molar-refractivity contribution >= 4 is 23.3 Å². The molecule has 0 spiro atoms. The van der Waals surface area contributed by atoms with Gasteiger partial charge >= 0.3 is 11.9 Å². The summed E-state index contributed by atoms with van der Waals surface area (Å²) in [5.74, 6) is -1.11. The molecule has 0 radical (unpaired) electrons. The van der Waals surface area contributed by atoms with Crippen molar-refractivity contribution < 1.29 is 19.4 Å². The van der Waals surface area contributed by atoms with Gasteiger partial charge in [0, 0.05) is 24.8 Å². The molecule has 2 atom stereocenters. The number of carbonyl (C=O) groups excluding carboxylic acids is 1. The van der Waals surface area contributed by atoms with Crippen LogP contribution < -0.4 is 5.32 Å². The van der Waals surface area contributed by atoms with Crippen molar-refractivity contribution in [2.24, 2.45) is 5.92 Å². The second kappa shape index (κ2) is 8.09. The van der Waals surface area contributed by atoms with E-state index in [9.17, 15) is 9.59 Å². The molecule has 2 unspecified atom stereocenters. The first-order valence-electron chi connectivity index (χ1n) is 6.94. The summed E-state index contributed by atoms with van der Waals surface area (Å²) >= 11 is 1.20. The number of carboxylic acids is 1. The highest BCUT2D eigenvalue weighted by Crippen LogP contribution is 2.28. The van der Waals surface area contributed by atoms with Gasteiger partial charge in [0.2, 0.25) is 0 Å². The summed E-state index contributed by atoms with van der Waals surface area (Å²) in [5, 5.41) is 14.3. The number of carbonyl (C=O) groups is 2. The summed E-state index contributed by atoms with van der Waals surface area (Å²) in [5.41, 5.74) is -0.0169. The van der Waals surface area contributed by atoms with E-state index in [1.54, 1.807) is 0 Å². The van der Waals surface area contributed by atoms with Gasteiger partial charge in [-0.1, -0.05) is 20.8 Å². The topological polar surface area (TPSA) is 88.5 Å². The first kappa shape index (κ1) is 17.6. The molecule has 0 fully saturated rings. The summed E-state index contributed by atoms with van der Waals surface area (Å²) in [6.45, 7) is 8.34. The summed E-state index contributed by atoms with van der Waals surface area (Å²) in [6, 6.07) is 0.163. The first-order chi connectivity index (χ1) is 9.85. The molecule has 1 aromatic heterocycles. The monoisotopic (exact) mass is 314 g/mol. The number of rotatable bonds is 8. The van der Waals surface area contributed by atoms with Crippen LogP contribution in [0.3, 0.4) is 0 Å². The van der Waals surface area contributed by atoms with Crippen molar-refractivity contribution in [2.75, 3.05) is 6.54 Å². The maximum Gasteiger partial charge on any atom is 0.355 e. The van der Waals surface area contributed by atoms with E-state index in [-0.39, 0.29) is 11.7 Å². The van der Waals surface area contributed by atoms with Crippen molar-refractivity contribution in [3.8, 4) is 0 Å². The first-order valence-corrected chi connectivity index (χ1v) is 7.82. The third kappa shape index (κ3) is 5.43. The Morgan fingerprint density at radius 1 is 1.48 bits per heavy atom. The minimum Gasteiger partial charge on any atom is -0.476 e. The van der Waals surface area contributed by atoms with Gasteiger partial charge in [0.05, 0.1) is 0 Å². The van der Waals surface area contributed by atoms with Crippen molar-refractivity contribution in [2.45, 2.75) is 46.3 Å². The highest BCUT2D eigenvalue weighted by atomic mass is 32.1. The van der Waals surface area contributed by atoms with Crippen molar-refractivity contribution in [3.05, 3.63) is 16.1 Å². The van der Waals surface area contributed by atoms with Crippen molar-refractivity contribution in [3.63, 3.8) is 0 Å². The van der Waals surface area contributed by atoms with Crippen LogP contribution in [0.2, 0.25) is 0 Å². The van der Waals surface area contributed by atoms with Crippen molar-refractivity contribution in [1.29, 1.82) is 0 Å². The lowest BCUT2D eigenvalue weighted by Gasteiger charge is -2.25. The summed E-state index contributed by atoms with van der Waals surface area (Å²) in [4.78, 5) is 26.3. The Hall–Kier alpha value is -1.47.